The largest absolute Gasteiger partial charge is 0.392 e. The minimum absolute atomic E-state index is 0.852. The van der Waals surface area contributed by atoms with E-state index in [4.69, 9.17) is 19.9 Å². The van der Waals surface area contributed by atoms with Crippen molar-refractivity contribution in [2.75, 3.05) is 6.61 Å². The average molecular weight is 385 g/mol. The number of aliphatic hydroxyl groups excluding tert-OH is 8. The van der Waals surface area contributed by atoms with Gasteiger partial charge in [0.05, 0.1) is 6.61 Å². The van der Waals surface area contributed by atoms with Crippen LogP contribution in [-0.2, 0) is 19.0 Å². The van der Waals surface area contributed by atoms with Crippen molar-refractivity contribution in [3.63, 3.8) is 0 Å². The Balaban J connectivity index is 2.46. The van der Waals surface area contributed by atoms with Crippen LogP contribution >= 0.6 is 0 Å². The van der Waals surface area contributed by atoms with Crippen LogP contribution in [0.2, 0.25) is 0 Å². The molecular formula is C13H23NO12. The molecule has 0 aliphatic carbocycles. The predicted molar refractivity (Wildman–Crippen MR) is 76.5 cm³/mol. The van der Waals surface area contributed by atoms with Crippen molar-refractivity contribution in [2.45, 2.75) is 67.6 Å². The molecule has 2 saturated heterocycles. The number of ketones is 1. The van der Waals surface area contributed by atoms with Crippen LogP contribution in [0, 0.1) is 0 Å². The fourth-order valence-electron chi connectivity index (χ4n) is 3.04. The van der Waals surface area contributed by atoms with Crippen molar-refractivity contribution < 1.29 is 59.9 Å². The summed E-state index contributed by atoms with van der Waals surface area (Å²) >= 11 is 0. The summed E-state index contributed by atoms with van der Waals surface area (Å²) in [7, 11) is 0. The van der Waals surface area contributed by atoms with Gasteiger partial charge in [-0.2, -0.15) is 0 Å². The molecule has 0 spiro atoms. The van der Waals surface area contributed by atoms with Gasteiger partial charge < -0.3 is 55.1 Å². The van der Waals surface area contributed by atoms with Crippen LogP contribution in [0.1, 0.15) is 6.92 Å². The number of carbonyl (C=O) groups excluding carboxylic acids is 1. The van der Waals surface area contributed by atoms with Crippen LogP contribution in [0.3, 0.4) is 0 Å². The third kappa shape index (κ3) is 3.05. The molecule has 0 unspecified atom stereocenters. The molecule has 0 amide bonds. The molecule has 2 aliphatic rings. The highest BCUT2D eigenvalue weighted by molar-refractivity contribution is 5.87. The Bertz CT molecular complexity index is 535. The summed E-state index contributed by atoms with van der Waals surface area (Å²) in [5, 5.41) is 78.1. The summed E-state index contributed by atoms with van der Waals surface area (Å²) < 4.78 is 14.9. The van der Waals surface area contributed by atoms with Crippen LogP contribution < -0.4 is 5.73 Å². The highest BCUT2D eigenvalue weighted by Gasteiger charge is 2.68. The maximum absolute atomic E-state index is 12.3. The van der Waals surface area contributed by atoms with Crippen molar-refractivity contribution in [3.05, 3.63) is 0 Å². The number of hydrogen-bond acceptors (Lipinski definition) is 13. The Labute approximate surface area is 146 Å². The van der Waals surface area contributed by atoms with Gasteiger partial charge in [0.25, 0.3) is 0 Å². The molecule has 0 bridgehead atoms. The van der Waals surface area contributed by atoms with Crippen molar-refractivity contribution in [1.82, 2.24) is 0 Å². The maximum Gasteiger partial charge on any atom is 0.201 e. The van der Waals surface area contributed by atoms with Crippen molar-refractivity contribution in [3.8, 4) is 0 Å². The van der Waals surface area contributed by atoms with Crippen molar-refractivity contribution in [2.24, 2.45) is 5.73 Å². The SMILES string of the molecule is CC(=O)[C@]1(O[C@@H]2O[C@H](O)[C@@H](O)[C@H](O)[C@H]2O)[C@@H](O)[C@@H](O)[C@H](O)O[C@]1(N)CO. The second-order valence-corrected chi connectivity index (χ2v) is 6.27. The molecule has 13 nitrogen and oxygen atoms in total. The second-order valence-electron chi connectivity index (χ2n) is 6.27. The lowest BCUT2D eigenvalue weighted by Crippen LogP contribution is -2.82. The predicted octanol–water partition coefficient (Wildman–Crippen LogP) is -6.19. The zero-order valence-corrected chi connectivity index (χ0v) is 13.6. The molecule has 2 rings (SSSR count). The molecular weight excluding hydrogens is 362 g/mol. The Hall–Kier alpha value is -0.810. The van der Waals surface area contributed by atoms with E-state index in [-0.39, 0.29) is 0 Å². The third-order valence-electron chi connectivity index (χ3n) is 4.60. The molecule has 2 heterocycles. The van der Waals surface area contributed by atoms with Crippen LogP contribution in [0.5, 0.6) is 0 Å². The molecule has 0 saturated carbocycles. The molecule has 26 heavy (non-hydrogen) atoms. The first-order valence-corrected chi connectivity index (χ1v) is 7.61. The number of nitrogens with two attached hydrogens (primary N) is 1. The molecule has 0 aromatic rings. The van der Waals surface area contributed by atoms with Crippen LogP contribution in [0.15, 0.2) is 0 Å². The molecule has 0 aromatic carbocycles. The third-order valence-corrected chi connectivity index (χ3v) is 4.60. The molecule has 2 aliphatic heterocycles. The lowest BCUT2D eigenvalue weighted by Gasteiger charge is -2.55. The number of Topliss-reactive ketones (excluding diaryl/α,β-unsaturated/α-hetero) is 1. The molecule has 0 aromatic heterocycles. The molecule has 13 heteroatoms. The Morgan fingerprint density at radius 1 is 1.00 bits per heavy atom. The van der Waals surface area contributed by atoms with Gasteiger partial charge >= 0.3 is 0 Å². The minimum Gasteiger partial charge on any atom is -0.392 e. The average Bonchev–Trinajstić information content (AvgIpc) is 2.58. The van der Waals surface area contributed by atoms with E-state index in [0.29, 0.717) is 0 Å². The van der Waals surface area contributed by atoms with Gasteiger partial charge in [-0.15, -0.1) is 0 Å². The topological polar surface area (TPSA) is 233 Å². The summed E-state index contributed by atoms with van der Waals surface area (Å²) in [6.45, 7) is -0.338. The molecule has 2 fully saturated rings. The second kappa shape index (κ2) is 7.31. The van der Waals surface area contributed by atoms with Gasteiger partial charge in [0.2, 0.25) is 5.60 Å². The summed E-state index contributed by atoms with van der Waals surface area (Å²) in [6, 6.07) is 0. The van der Waals surface area contributed by atoms with E-state index in [1.165, 1.54) is 0 Å². The molecule has 10 N–H and O–H groups in total. The first-order valence-electron chi connectivity index (χ1n) is 7.61. The first-order chi connectivity index (χ1) is 11.9. The van der Waals surface area contributed by atoms with E-state index in [9.17, 15) is 45.6 Å². The van der Waals surface area contributed by atoms with E-state index in [1.54, 1.807) is 0 Å². The van der Waals surface area contributed by atoms with E-state index >= 15 is 0 Å². The highest BCUT2D eigenvalue weighted by atomic mass is 16.8. The van der Waals surface area contributed by atoms with E-state index in [0.717, 1.165) is 6.92 Å². The fourth-order valence-corrected chi connectivity index (χ4v) is 3.04. The van der Waals surface area contributed by atoms with Crippen LogP contribution in [-0.4, -0.2) is 114 Å². The Morgan fingerprint density at radius 3 is 2.08 bits per heavy atom. The van der Waals surface area contributed by atoms with Gasteiger partial charge in [-0.3, -0.25) is 10.5 Å². The van der Waals surface area contributed by atoms with Crippen LogP contribution in [0.4, 0.5) is 0 Å². The number of rotatable bonds is 4. The monoisotopic (exact) mass is 385 g/mol. The summed E-state index contributed by atoms with van der Waals surface area (Å²) in [5.74, 6) is -1.10. The maximum atomic E-state index is 12.3. The van der Waals surface area contributed by atoms with E-state index < -0.39 is 73.1 Å². The van der Waals surface area contributed by atoms with Gasteiger partial charge in [0.15, 0.2) is 30.4 Å². The summed E-state index contributed by atoms with van der Waals surface area (Å²) in [5.41, 5.74) is 0.391. The zero-order valence-electron chi connectivity index (χ0n) is 13.6. The minimum atomic E-state index is -2.78. The molecule has 10 atom stereocenters. The number of hydrogen-bond donors (Lipinski definition) is 9. The highest BCUT2D eigenvalue weighted by Crippen LogP contribution is 2.40. The lowest BCUT2D eigenvalue weighted by atomic mass is 9.76. The Kier molecular flexibility index (Phi) is 6.04. The zero-order chi connectivity index (χ0) is 20.0. The van der Waals surface area contributed by atoms with Gasteiger partial charge in [0, 0.05) is 0 Å². The first kappa shape index (κ1) is 21.5. The molecule has 0 radical (unpaired) electrons. The number of carbonyl (C=O) groups is 1. The van der Waals surface area contributed by atoms with Crippen molar-refractivity contribution >= 4 is 5.78 Å². The summed E-state index contributed by atoms with van der Waals surface area (Å²) in [6.07, 6.45) is -16.4. The Morgan fingerprint density at radius 2 is 1.58 bits per heavy atom. The fraction of sp³-hybridized carbons (Fsp3) is 0.923. The van der Waals surface area contributed by atoms with Gasteiger partial charge in [-0.1, -0.05) is 0 Å². The number of aliphatic hydroxyl groups is 8. The lowest BCUT2D eigenvalue weighted by molar-refractivity contribution is -0.410. The number of ether oxygens (including phenoxy) is 3. The van der Waals surface area contributed by atoms with Gasteiger partial charge in [0.1, 0.15) is 30.5 Å². The van der Waals surface area contributed by atoms with Crippen molar-refractivity contribution in [1.29, 1.82) is 0 Å². The summed E-state index contributed by atoms with van der Waals surface area (Å²) in [4.78, 5) is 12.3. The van der Waals surface area contributed by atoms with Gasteiger partial charge in [-0.05, 0) is 6.92 Å². The van der Waals surface area contributed by atoms with Gasteiger partial charge in [-0.25, -0.2) is 0 Å². The van der Waals surface area contributed by atoms with Crippen LogP contribution in [0.25, 0.3) is 0 Å². The molecule has 152 valence electrons. The van der Waals surface area contributed by atoms with E-state index in [2.05, 4.69) is 0 Å². The smallest absolute Gasteiger partial charge is 0.201 e. The normalized spacial score (nSPS) is 52.7. The standard InChI is InChI=1S/C13H23NO12/c1-3(16)13(8(21)7(20)10(23)25-12(13,14)2-15)26-11-6(19)4(17)5(18)9(22)24-11/h4-11,15,17-23H,2,14H2,1H3/t4-,5-,6+,7+,8-,9-,10+,11-,12+,13-/m0/s1. The quantitative estimate of drug-likeness (QED) is 0.219. The van der Waals surface area contributed by atoms with E-state index in [1.807, 2.05) is 0 Å².